The molecular weight excluding hydrogens is 384 g/mol. The molecule has 0 bridgehead atoms. The van der Waals surface area contributed by atoms with Crippen molar-refractivity contribution in [2.75, 3.05) is 12.4 Å². The van der Waals surface area contributed by atoms with Crippen LogP contribution in [0.2, 0.25) is 15.1 Å². The smallest absolute Gasteiger partial charge is 0.156 e. The van der Waals surface area contributed by atoms with Crippen LogP contribution in [0, 0.1) is 0 Å². The van der Waals surface area contributed by atoms with Gasteiger partial charge in [-0.3, -0.25) is 0 Å². The molecule has 2 rings (SSSR count). The summed E-state index contributed by atoms with van der Waals surface area (Å²) in [6.45, 7) is 0.516. The maximum absolute atomic E-state index is 6.13. The molecule has 1 N–H and O–H groups in total. The molecule has 0 heterocycles. The van der Waals surface area contributed by atoms with Gasteiger partial charge in [-0.15, -0.1) is 0 Å². The van der Waals surface area contributed by atoms with Gasteiger partial charge in [0.2, 0.25) is 0 Å². The van der Waals surface area contributed by atoms with Gasteiger partial charge in [0.05, 0.1) is 17.3 Å². The molecule has 0 saturated carbocycles. The molecule has 0 aliphatic rings. The number of benzene rings is 2. The topological polar surface area (TPSA) is 21.3 Å². The van der Waals surface area contributed by atoms with Crippen molar-refractivity contribution in [1.29, 1.82) is 0 Å². The Bertz CT molecular complexity index is 634. The summed E-state index contributed by atoms with van der Waals surface area (Å²) >= 11 is 21.6. The predicted molar refractivity (Wildman–Crippen MR) is 89.5 cm³/mol. The molecule has 0 atom stereocenters. The summed E-state index contributed by atoms with van der Waals surface area (Å²) in [5.74, 6) is 0.688. The fourth-order valence-corrected chi connectivity index (χ4v) is 3.12. The lowest BCUT2D eigenvalue weighted by atomic mass is 10.2. The summed E-state index contributed by atoms with van der Waals surface area (Å²) in [6.07, 6.45) is 0. The van der Waals surface area contributed by atoms with Crippen LogP contribution in [0.3, 0.4) is 0 Å². The van der Waals surface area contributed by atoms with Gasteiger partial charge in [0.15, 0.2) is 5.75 Å². The van der Waals surface area contributed by atoms with Crippen LogP contribution >= 0.6 is 50.7 Å². The van der Waals surface area contributed by atoms with Crippen LogP contribution in [0.25, 0.3) is 0 Å². The van der Waals surface area contributed by atoms with E-state index in [1.807, 2.05) is 6.07 Å². The number of ether oxygens (including phenoxy) is 1. The molecule has 20 heavy (non-hydrogen) atoms. The fraction of sp³-hybridized carbons (Fsp3) is 0.143. The maximum Gasteiger partial charge on any atom is 0.156 e. The highest BCUT2D eigenvalue weighted by Gasteiger charge is 2.10. The van der Waals surface area contributed by atoms with E-state index in [2.05, 4.69) is 21.2 Å². The Balaban J connectivity index is 2.24. The van der Waals surface area contributed by atoms with Gasteiger partial charge in [0, 0.05) is 21.6 Å². The van der Waals surface area contributed by atoms with E-state index < -0.39 is 0 Å². The first kappa shape index (κ1) is 15.8. The third-order valence-corrected chi connectivity index (χ3v) is 4.10. The molecular formula is C14H11BrCl3NO. The molecule has 0 radical (unpaired) electrons. The first-order valence-electron chi connectivity index (χ1n) is 5.72. The molecule has 0 unspecified atom stereocenters. The Labute approximate surface area is 141 Å². The molecule has 0 spiro atoms. The van der Waals surface area contributed by atoms with Gasteiger partial charge in [-0.1, -0.05) is 34.8 Å². The number of halogens is 4. The van der Waals surface area contributed by atoms with E-state index >= 15 is 0 Å². The van der Waals surface area contributed by atoms with Crippen LogP contribution in [0.4, 0.5) is 5.69 Å². The van der Waals surface area contributed by atoms with Gasteiger partial charge in [0.25, 0.3) is 0 Å². The Kier molecular flexibility index (Phi) is 5.44. The SMILES string of the molecule is COc1c(Br)cc(Cl)cc1NCc1cc(Cl)ccc1Cl. The summed E-state index contributed by atoms with van der Waals surface area (Å²) < 4.78 is 6.13. The lowest BCUT2D eigenvalue weighted by molar-refractivity contribution is 0.414. The summed E-state index contributed by atoms with van der Waals surface area (Å²) in [7, 11) is 1.60. The highest BCUT2D eigenvalue weighted by atomic mass is 79.9. The zero-order chi connectivity index (χ0) is 14.7. The highest BCUT2D eigenvalue weighted by Crippen LogP contribution is 2.36. The molecule has 0 aromatic heterocycles. The van der Waals surface area contributed by atoms with Crippen LogP contribution in [0.1, 0.15) is 5.56 Å². The van der Waals surface area contributed by atoms with Gasteiger partial charge in [-0.05, 0) is 51.8 Å². The van der Waals surface area contributed by atoms with Crippen LogP contribution in [-0.4, -0.2) is 7.11 Å². The zero-order valence-corrected chi connectivity index (χ0v) is 14.4. The lowest BCUT2D eigenvalue weighted by Crippen LogP contribution is -2.02. The Hall–Kier alpha value is -0.610. The van der Waals surface area contributed by atoms with E-state index in [1.54, 1.807) is 31.4 Å². The minimum atomic E-state index is 0.516. The van der Waals surface area contributed by atoms with Crippen LogP contribution < -0.4 is 10.1 Å². The number of anilines is 1. The summed E-state index contributed by atoms with van der Waals surface area (Å²) in [4.78, 5) is 0. The molecule has 0 fully saturated rings. The van der Waals surface area contributed by atoms with E-state index in [1.165, 1.54) is 0 Å². The molecule has 0 amide bonds. The normalized spacial score (nSPS) is 10.4. The number of nitrogens with one attached hydrogen (secondary N) is 1. The van der Waals surface area contributed by atoms with Gasteiger partial charge in [0.1, 0.15) is 0 Å². The zero-order valence-electron chi connectivity index (χ0n) is 10.5. The number of hydrogen-bond acceptors (Lipinski definition) is 2. The first-order chi connectivity index (χ1) is 9.51. The summed E-state index contributed by atoms with van der Waals surface area (Å²) in [5.41, 5.74) is 1.68. The Morgan fingerprint density at radius 1 is 1.10 bits per heavy atom. The minimum Gasteiger partial charge on any atom is -0.493 e. The fourth-order valence-electron chi connectivity index (χ4n) is 1.77. The van der Waals surface area contributed by atoms with Crippen LogP contribution in [0.5, 0.6) is 5.75 Å². The van der Waals surface area contributed by atoms with Crippen molar-refractivity contribution in [3.8, 4) is 5.75 Å². The summed E-state index contributed by atoms with van der Waals surface area (Å²) in [6, 6.07) is 8.92. The number of rotatable bonds is 4. The average molecular weight is 396 g/mol. The monoisotopic (exact) mass is 393 g/mol. The molecule has 0 aliphatic carbocycles. The largest absolute Gasteiger partial charge is 0.493 e. The first-order valence-corrected chi connectivity index (χ1v) is 7.65. The molecule has 6 heteroatoms. The van der Waals surface area contributed by atoms with Gasteiger partial charge >= 0.3 is 0 Å². The molecule has 106 valence electrons. The number of hydrogen-bond donors (Lipinski definition) is 1. The Morgan fingerprint density at radius 3 is 2.55 bits per heavy atom. The quantitative estimate of drug-likeness (QED) is 0.682. The van der Waals surface area contributed by atoms with E-state index in [0.29, 0.717) is 27.4 Å². The standard InChI is InChI=1S/C14H11BrCl3NO/c1-20-14-11(15)5-10(17)6-13(14)19-7-8-4-9(16)2-3-12(8)18/h2-6,19H,7H2,1H3. The molecule has 2 aromatic carbocycles. The van der Waals surface area contributed by atoms with Crippen LogP contribution in [0.15, 0.2) is 34.8 Å². The molecule has 0 saturated heterocycles. The van der Waals surface area contributed by atoms with E-state index in [0.717, 1.165) is 15.7 Å². The lowest BCUT2D eigenvalue weighted by Gasteiger charge is -2.14. The second-order valence-electron chi connectivity index (χ2n) is 4.06. The molecule has 2 aromatic rings. The average Bonchev–Trinajstić information content (AvgIpc) is 2.39. The van der Waals surface area contributed by atoms with Crippen molar-refractivity contribution in [1.82, 2.24) is 0 Å². The van der Waals surface area contributed by atoms with E-state index in [9.17, 15) is 0 Å². The van der Waals surface area contributed by atoms with Gasteiger partial charge < -0.3 is 10.1 Å². The third-order valence-electron chi connectivity index (χ3n) is 2.69. The third kappa shape index (κ3) is 3.73. The van der Waals surface area contributed by atoms with E-state index in [-0.39, 0.29) is 0 Å². The predicted octanol–water partition coefficient (Wildman–Crippen LogP) is 6.03. The minimum absolute atomic E-state index is 0.516. The van der Waals surface area contributed by atoms with Crippen molar-refractivity contribution < 1.29 is 4.74 Å². The Morgan fingerprint density at radius 2 is 1.85 bits per heavy atom. The van der Waals surface area contributed by atoms with Crippen molar-refractivity contribution in [3.63, 3.8) is 0 Å². The summed E-state index contributed by atoms with van der Waals surface area (Å²) in [5, 5.41) is 5.15. The van der Waals surface area contributed by atoms with Crippen LogP contribution in [-0.2, 0) is 6.54 Å². The second-order valence-corrected chi connectivity index (χ2v) is 6.19. The highest BCUT2D eigenvalue weighted by molar-refractivity contribution is 9.10. The van der Waals surface area contributed by atoms with Crippen molar-refractivity contribution in [2.45, 2.75) is 6.54 Å². The second kappa shape index (κ2) is 6.90. The number of methoxy groups -OCH3 is 1. The van der Waals surface area contributed by atoms with E-state index in [4.69, 9.17) is 39.5 Å². The van der Waals surface area contributed by atoms with Crippen molar-refractivity contribution >= 4 is 56.4 Å². The van der Waals surface area contributed by atoms with Gasteiger partial charge in [-0.2, -0.15) is 0 Å². The van der Waals surface area contributed by atoms with Crippen molar-refractivity contribution in [3.05, 3.63) is 55.4 Å². The molecule has 2 nitrogen and oxygen atoms in total. The van der Waals surface area contributed by atoms with Crippen molar-refractivity contribution in [2.24, 2.45) is 0 Å². The molecule has 0 aliphatic heterocycles. The van der Waals surface area contributed by atoms with Gasteiger partial charge in [-0.25, -0.2) is 0 Å². The maximum atomic E-state index is 6.13.